The van der Waals surface area contributed by atoms with Crippen LogP contribution in [0.25, 0.3) is 0 Å². The van der Waals surface area contributed by atoms with Crippen molar-refractivity contribution in [3.05, 3.63) is 28.7 Å². The molecule has 1 aromatic carbocycles. The molecule has 0 aliphatic heterocycles. The molecule has 1 atom stereocenters. The van der Waals surface area contributed by atoms with Crippen molar-refractivity contribution >= 4 is 33.6 Å². The number of anilines is 1. The molecular formula is C12H15BrN2O3. The van der Waals surface area contributed by atoms with Crippen molar-refractivity contribution in [1.29, 1.82) is 0 Å². The van der Waals surface area contributed by atoms with Crippen molar-refractivity contribution in [3.63, 3.8) is 0 Å². The van der Waals surface area contributed by atoms with E-state index in [0.29, 0.717) is 18.5 Å². The van der Waals surface area contributed by atoms with Gasteiger partial charge in [-0.2, -0.15) is 0 Å². The fourth-order valence-corrected chi connectivity index (χ4v) is 1.67. The molecule has 0 aliphatic carbocycles. The predicted molar refractivity (Wildman–Crippen MR) is 72.6 cm³/mol. The monoisotopic (exact) mass is 314 g/mol. The molecule has 0 spiro atoms. The van der Waals surface area contributed by atoms with Crippen LogP contribution < -0.4 is 10.6 Å². The maximum Gasteiger partial charge on any atom is 0.326 e. The average molecular weight is 315 g/mol. The molecule has 6 heteroatoms. The van der Waals surface area contributed by atoms with E-state index in [1.165, 1.54) is 0 Å². The second kappa shape index (κ2) is 7.00. The average Bonchev–Trinajstić information content (AvgIpc) is 2.31. The summed E-state index contributed by atoms with van der Waals surface area (Å²) in [6, 6.07) is 5.65. The summed E-state index contributed by atoms with van der Waals surface area (Å²) in [5, 5.41) is 13.9. The number of aliphatic carboxylic acids is 1. The maximum atomic E-state index is 11.6. The van der Waals surface area contributed by atoms with Crippen LogP contribution in [0.15, 0.2) is 28.7 Å². The molecule has 0 aromatic heterocycles. The van der Waals surface area contributed by atoms with Gasteiger partial charge < -0.3 is 15.7 Å². The molecule has 1 unspecified atom stereocenters. The van der Waals surface area contributed by atoms with Crippen molar-refractivity contribution in [2.75, 3.05) is 5.32 Å². The third kappa shape index (κ3) is 4.75. The van der Waals surface area contributed by atoms with Crippen molar-refractivity contribution in [1.82, 2.24) is 5.32 Å². The molecule has 0 saturated carbocycles. The Morgan fingerprint density at radius 1 is 1.33 bits per heavy atom. The summed E-state index contributed by atoms with van der Waals surface area (Å²) in [7, 11) is 0. The Balaban J connectivity index is 2.54. The predicted octanol–water partition coefficient (Wildman–Crippen LogP) is 2.82. The van der Waals surface area contributed by atoms with Crippen LogP contribution in [-0.4, -0.2) is 23.1 Å². The van der Waals surface area contributed by atoms with Gasteiger partial charge in [-0.1, -0.05) is 29.3 Å². The van der Waals surface area contributed by atoms with Crippen molar-refractivity contribution < 1.29 is 14.7 Å². The second-order valence-corrected chi connectivity index (χ2v) is 4.70. The van der Waals surface area contributed by atoms with Gasteiger partial charge in [0.15, 0.2) is 0 Å². The molecule has 2 amide bonds. The highest BCUT2D eigenvalue weighted by molar-refractivity contribution is 9.10. The van der Waals surface area contributed by atoms with Gasteiger partial charge in [0.05, 0.1) is 0 Å². The highest BCUT2D eigenvalue weighted by atomic mass is 79.9. The number of carbonyl (C=O) groups excluding carboxylic acids is 1. The Bertz CT molecular complexity index is 420. The Morgan fingerprint density at radius 3 is 2.44 bits per heavy atom. The highest BCUT2D eigenvalue weighted by Gasteiger charge is 2.18. The van der Waals surface area contributed by atoms with E-state index in [4.69, 9.17) is 5.11 Å². The normalized spacial score (nSPS) is 11.7. The summed E-state index contributed by atoms with van der Waals surface area (Å²) in [5.74, 6) is -1.03. The van der Waals surface area contributed by atoms with Crippen molar-refractivity contribution in [3.8, 4) is 0 Å². The number of nitrogens with one attached hydrogen (secondary N) is 2. The van der Waals surface area contributed by atoms with Gasteiger partial charge in [-0.25, -0.2) is 9.59 Å². The minimum absolute atomic E-state index is 0.406. The number of urea groups is 1. The van der Waals surface area contributed by atoms with Gasteiger partial charge in [0, 0.05) is 10.2 Å². The summed E-state index contributed by atoms with van der Waals surface area (Å²) in [4.78, 5) is 22.5. The lowest BCUT2D eigenvalue weighted by Gasteiger charge is -2.14. The van der Waals surface area contributed by atoms with E-state index in [1.807, 2.05) is 6.92 Å². The Hall–Kier alpha value is -1.56. The molecule has 0 aliphatic rings. The first-order valence-electron chi connectivity index (χ1n) is 5.58. The third-order valence-electron chi connectivity index (χ3n) is 2.28. The smallest absolute Gasteiger partial charge is 0.326 e. The maximum absolute atomic E-state index is 11.6. The fraction of sp³-hybridized carbons (Fsp3) is 0.333. The van der Waals surface area contributed by atoms with Crippen LogP contribution in [0.4, 0.5) is 10.5 Å². The van der Waals surface area contributed by atoms with E-state index in [1.54, 1.807) is 24.3 Å². The Morgan fingerprint density at radius 2 is 1.94 bits per heavy atom. The number of carboxylic acids is 1. The molecule has 0 saturated heterocycles. The molecule has 5 nitrogen and oxygen atoms in total. The van der Waals surface area contributed by atoms with E-state index in [-0.39, 0.29) is 0 Å². The minimum atomic E-state index is -1.03. The van der Waals surface area contributed by atoms with Gasteiger partial charge in [0.1, 0.15) is 6.04 Å². The van der Waals surface area contributed by atoms with E-state index in [9.17, 15) is 9.59 Å². The second-order valence-electron chi connectivity index (χ2n) is 3.78. The van der Waals surface area contributed by atoms with E-state index in [0.717, 1.165) is 4.47 Å². The number of amides is 2. The Labute approximate surface area is 114 Å². The van der Waals surface area contributed by atoms with Crippen molar-refractivity contribution in [2.45, 2.75) is 25.8 Å². The number of hydrogen-bond acceptors (Lipinski definition) is 2. The van der Waals surface area contributed by atoms with Crippen LogP contribution in [0.5, 0.6) is 0 Å². The van der Waals surface area contributed by atoms with Gasteiger partial charge >= 0.3 is 12.0 Å². The molecular weight excluding hydrogens is 300 g/mol. The van der Waals surface area contributed by atoms with Crippen LogP contribution in [0.1, 0.15) is 19.8 Å². The largest absolute Gasteiger partial charge is 0.480 e. The molecule has 1 aromatic rings. The first-order chi connectivity index (χ1) is 8.52. The zero-order valence-electron chi connectivity index (χ0n) is 9.94. The number of benzene rings is 1. The fourth-order valence-electron chi connectivity index (χ4n) is 1.40. The molecule has 3 N–H and O–H groups in total. The third-order valence-corrected chi connectivity index (χ3v) is 2.81. The van der Waals surface area contributed by atoms with Gasteiger partial charge in [-0.3, -0.25) is 0 Å². The minimum Gasteiger partial charge on any atom is -0.480 e. The molecule has 98 valence electrons. The summed E-state index contributed by atoms with van der Waals surface area (Å²) < 4.78 is 0.905. The topological polar surface area (TPSA) is 78.4 Å². The molecule has 0 radical (unpaired) electrons. The molecule has 0 fully saturated rings. The van der Waals surface area contributed by atoms with Crippen LogP contribution in [-0.2, 0) is 4.79 Å². The lowest BCUT2D eigenvalue weighted by Crippen LogP contribution is -2.42. The van der Waals surface area contributed by atoms with E-state index >= 15 is 0 Å². The Kier molecular flexibility index (Phi) is 5.64. The summed E-state index contributed by atoms with van der Waals surface area (Å²) in [6.07, 6.45) is 1.10. The number of rotatable bonds is 5. The SMILES string of the molecule is CCCC(NC(=O)Nc1ccc(Br)cc1)C(=O)O. The number of hydrogen-bond donors (Lipinski definition) is 3. The van der Waals surface area contributed by atoms with Crippen LogP contribution in [0.3, 0.4) is 0 Å². The molecule has 18 heavy (non-hydrogen) atoms. The van der Waals surface area contributed by atoms with E-state index < -0.39 is 18.0 Å². The number of halogens is 1. The lowest BCUT2D eigenvalue weighted by atomic mass is 10.2. The summed E-state index contributed by atoms with van der Waals surface area (Å²) in [5.41, 5.74) is 0.608. The van der Waals surface area contributed by atoms with Crippen molar-refractivity contribution in [2.24, 2.45) is 0 Å². The first-order valence-corrected chi connectivity index (χ1v) is 6.38. The van der Waals surface area contributed by atoms with Gasteiger partial charge in [0.25, 0.3) is 0 Å². The zero-order valence-corrected chi connectivity index (χ0v) is 11.5. The standard InChI is InChI=1S/C12H15BrN2O3/c1-2-3-10(11(16)17)15-12(18)14-9-6-4-8(13)5-7-9/h4-7,10H,2-3H2,1H3,(H,16,17)(H2,14,15,18). The zero-order chi connectivity index (χ0) is 13.5. The number of carboxylic acid groups (broad SMARTS) is 1. The lowest BCUT2D eigenvalue weighted by molar-refractivity contribution is -0.139. The van der Waals surface area contributed by atoms with Gasteiger partial charge in [-0.15, -0.1) is 0 Å². The van der Waals surface area contributed by atoms with Gasteiger partial charge in [0.2, 0.25) is 0 Å². The van der Waals surface area contributed by atoms with Crippen LogP contribution >= 0.6 is 15.9 Å². The van der Waals surface area contributed by atoms with Crippen LogP contribution in [0, 0.1) is 0 Å². The molecule has 0 bridgehead atoms. The van der Waals surface area contributed by atoms with E-state index in [2.05, 4.69) is 26.6 Å². The summed E-state index contributed by atoms with van der Waals surface area (Å²) >= 11 is 3.29. The quantitative estimate of drug-likeness (QED) is 0.782. The van der Waals surface area contributed by atoms with Gasteiger partial charge in [-0.05, 0) is 30.7 Å². The van der Waals surface area contributed by atoms with Crippen LogP contribution in [0.2, 0.25) is 0 Å². The highest BCUT2D eigenvalue weighted by Crippen LogP contribution is 2.13. The number of carbonyl (C=O) groups is 2. The first kappa shape index (κ1) is 14.5. The summed E-state index contributed by atoms with van der Waals surface area (Å²) in [6.45, 7) is 1.87. The molecule has 1 rings (SSSR count). The molecule has 0 heterocycles.